The predicted molar refractivity (Wildman–Crippen MR) is 52.5 cm³/mol. The van der Waals surface area contributed by atoms with Gasteiger partial charge in [-0.05, 0) is 17.5 Å². The zero-order chi connectivity index (χ0) is 9.26. The molecule has 1 heterocycles. The minimum absolute atomic E-state index is 0.148. The van der Waals surface area contributed by atoms with Gasteiger partial charge >= 0.3 is 0 Å². The lowest BCUT2D eigenvalue weighted by atomic mass is 10.2. The number of fused-ring (bicyclic) bond motifs is 1. The molecule has 1 nitrogen and oxygen atoms in total. The Labute approximate surface area is 79.8 Å². The van der Waals surface area contributed by atoms with E-state index in [9.17, 15) is 4.39 Å². The number of ether oxygens (including phenoxy) is 1. The molecule has 0 radical (unpaired) electrons. The summed E-state index contributed by atoms with van der Waals surface area (Å²) in [6.07, 6.45) is 0. The van der Waals surface area contributed by atoms with Gasteiger partial charge in [-0.1, -0.05) is 12.1 Å². The van der Waals surface area contributed by atoms with E-state index in [1.165, 1.54) is 17.4 Å². The molecule has 0 N–H and O–H groups in total. The summed E-state index contributed by atoms with van der Waals surface area (Å²) in [6.45, 7) is 0.554. The Morgan fingerprint density at radius 2 is 2.31 bits per heavy atom. The predicted octanol–water partition coefficient (Wildman–Crippen LogP) is 3.19. The highest BCUT2D eigenvalue weighted by atomic mass is 32.1. The number of hydrogen-bond donors (Lipinski definition) is 0. The zero-order valence-corrected chi connectivity index (χ0v) is 8.03. The lowest BCUT2D eigenvalue weighted by molar-refractivity contribution is 0.187. The fourth-order valence-electron chi connectivity index (χ4n) is 1.29. The van der Waals surface area contributed by atoms with Crippen molar-refractivity contribution < 1.29 is 9.13 Å². The van der Waals surface area contributed by atoms with E-state index in [0.29, 0.717) is 6.61 Å². The van der Waals surface area contributed by atoms with E-state index in [2.05, 4.69) is 0 Å². The molecule has 0 saturated heterocycles. The van der Waals surface area contributed by atoms with Crippen LogP contribution in [0, 0.1) is 5.82 Å². The molecule has 1 aromatic carbocycles. The van der Waals surface area contributed by atoms with Crippen molar-refractivity contribution in [3.8, 4) is 0 Å². The average molecular weight is 196 g/mol. The molecule has 0 amide bonds. The molecule has 1 aromatic heterocycles. The van der Waals surface area contributed by atoms with E-state index in [1.54, 1.807) is 13.2 Å². The molecule has 13 heavy (non-hydrogen) atoms. The van der Waals surface area contributed by atoms with Gasteiger partial charge < -0.3 is 4.74 Å². The third-order valence-electron chi connectivity index (χ3n) is 1.83. The number of rotatable bonds is 2. The number of thiophene rings is 1. The maximum atomic E-state index is 13.2. The smallest absolute Gasteiger partial charge is 0.140 e. The summed E-state index contributed by atoms with van der Waals surface area (Å²) in [6, 6.07) is 7.08. The molecule has 0 spiro atoms. The molecule has 0 fully saturated rings. The van der Waals surface area contributed by atoms with Crippen LogP contribution in [0.15, 0.2) is 24.3 Å². The second-order valence-corrected chi connectivity index (χ2v) is 3.94. The first-order chi connectivity index (χ1) is 6.31. The molecule has 0 unspecified atom stereocenters. The molecule has 68 valence electrons. The minimum atomic E-state index is -0.148. The topological polar surface area (TPSA) is 9.23 Å². The Hall–Kier alpha value is -0.930. The van der Waals surface area contributed by atoms with E-state index < -0.39 is 0 Å². The first-order valence-electron chi connectivity index (χ1n) is 3.97. The Morgan fingerprint density at radius 1 is 1.46 bits per heavy atom. The van der Waals surface area contributed by atoms with Crippen molar-refractivity contribution >= 4 is 21.4 Å². The Kier molecular flexibility index (Phi) is 2.29. The summed E-state index contributed by atoms with van der Waals surface area (Å²) in [5.74, 6) is -0.148. The number of benzene rings is 1. The van der Waals surface area contributed by atoms with E-state index in [4.69, 9.17) is 4.74 Å². The van der Waals surface area contributed by atoms with E-state index in [1.807, 2.05) is 12.1 Å². The van der Waals surface area contributed by atoms with Crippen molar-refractivity contribution in [2.75, 3.05) is 7.11 Å². The molecule has 0 atom stereocenters. The van der Waals surface area contributed by atoms with Gasteiger partial charge in [0.2, 0.25) is 0 Å². The Morgan fingerprint density at radius 3 is 3.00 bits per heavy atom. The number of methoxy groups -OCH3 is 1. The first kappa shape index (κ1) is 8.66. The summed E-state index contributed by atoms with van der Waals surface area (Å²) < 4.78 is 18.9. The first-order valence-corrected chi connectivity index (χ1v) is 4.79. The lowest BCUT2D eigenvalue weighted by Crippen LogP contribution is -1.79. The molecule has 0 aliphatic heterocycles. The Bertz CT molecular complexity index is 422. The van der Waals surface area contributed by atoms with Gasteiger partial charge in [-0.15, -0.1) is 11.3 Å². The summed E-state index contributed by atoms with van der Waals surface area (Å²) in [5.41, 5.74) is 0. The highest BCUT2D eigenvalue weighted by molar-refractivity contribution is 7.19. The molecule has 3 heteroatoms. The van der Waals surface area contributed by atoms with Crippen LogP contribution in [0.1, 0.15) is 4.88 Å². The van der Waals surface area contributed by atoms with Gasteiger partial charge in [0.15, 0.2) is 0 Å². The van der Waals surface area contributed by atoms with Crippen LogP contribution in [-0.4, -0.2) is 7.11 Å². The highest BCUT2D eigenvalue weighted by Crippen LogP contribution is 2.28. The van der Waals surface area contributed by atoms with Crippen LogP contribution in [0.5, 0.6) is 0 Å². The van der Waals surface area contributed by atoms with Gasteiger partial charge in [-0.25, -0.2) is 4.39 Å². The van der Waals surface area contributed by atoms with Crippen LogP contribution in [0.25, 0.3) is 10.1 Å². The maximum absolute atomic E-state index is 13.2. The quantitative estimate of drug-likeness (QED) is 0.716. The molecule has 0 bridgehead atoms. The highest BCUT2D eigenvalue weighted by Gasteiger charge is 2.04. The standard InChI is InChI=1S/C10H9FOS/c1-12-6-8-5-7-3-2-4-9(11)10(7)13-8/h2-5H,6H2,1H3. The fraction of sp³-hybridized carbons (Fsp3) is 0.200. The summed E-state index contributed by atoms with van der Waals surface area (Å²) in [4.78, 5) is 1.06. The summed E-state index contributed by atoms with van der Waals surface area (Å²) in [5, 5.41) is 0.956. The maximum Gasteiger partial charge on any atom is 0.140 e. The van der Waals surface area contributed by atoms with Crippen LogP contribution < -0.4 is 0 Å². The number of hydrogen-bond acceptors (Lipinski definition) is 2. The zero-order valence-electron chi connectivity index (χ0n) is 7.21. The van der Waals surface area contributed by atoms with Crippen molar-refractivity contribution in [1.29, 1.82) is 0 Å². The monoisotopic (exact) mass is 196 g/mol. The summed E-state index contributed by atoms with van der Waals surface area (Å²) >= 11 is 1.45. The van der Waals surface area contributed by atoms with Gasteiger partial charge in [0.25, 0.3) is 0 Å². The van der Waals surface area contributed by atoms with Gasteiger partial charge in [0.1, 0.15) is 5.82 Å². The van der Waals surface area contributed by atoms with Crippen LogP contribution in [-0.2, 0) is 11.3 Å². The minimum Gasteiger partial charge on any atom is -0.379 e. The van der Waals surface area contributed by atoms with Crippen LogP contribution in [0.2, 0.25) is 0 Å². The Balaban J connectivity index is 2.55. The molecule has 0 saturated carbocycles. The second kappa shape index (κ2) is 3.44. The van der Waals surface area contributed by atoms with Crippen LogP contribution in [0.3, 0.4) is 0 Å². The van der Waals surface area contributed by atoms with Crippen molar-refractivity contribution in [1.82, 2.24) is 0 Å². The summed E-state index contributed by atoms with van der Waals surface area (Å²) in [7, 11) is 1.64. The van der Waals surface area contributed by atoms with Crippen molar-refractivity contribution in [2.24, 2.45) is 0 Å². The fourth-order valence-corrected chi connectivity index (χ4v) is 2.33. The van der Waals surface area contributed by atoms with Gasteiger partial charge in [0.05, 0.1) is 11.3 Å². The van der Waals surface area contributed by atoms with Crippen LogP contribution >= 0.6 is 11.3 Å². The van der Waals surface area contributed by atoms with Gasteiger partial charge in [-0.2, -0.15) is 0 Å². The SMILES string of the molecule is COCc1cc2cccc(F)c2s1. The normalized spacial score (nSPS) is 10.9. The largest absolute Gasteiger partial charge is 0.379 e. The molecular weight excluding hydrogens is 187 g/mol. The van der Waals surface area contributed by atoms with Gasteiger partial charge in [0, 0.05) is 12.0 Å². The molecular formula is C10H9FOS. The lowest BCUT2D eigenvalue weighted by Gasteiger charge is -1.89. The van der Waals surface area contributed by atoms with Crippen molar-refractivity contribution in [2.45, 2.75) is 6.61 Å². The molecule has 0 aliphatic carbocycles. The third-order valence-corrected chi connectivity index (χ3v) is 2.97. The number of halogens is 1. The van der Waals surface area contributed by atoms with Gasteiger partial charge in [-0.3, -0.25) is 0 Å². The van der Waals surface area contributed by atoms with Crippen molar-refractivity contribution in [3.05, 3.63) is 35.0 Å². The van der Waals surface area contributed by atoms with E-state index in [-0.39, 0.29) is 5.82 Å². The second-order valence-electron chi connectivity index (χ2n) is 2.80. The van der Waals surface area contributed by atoms with Crippen LogP contribution in [0.4, 0.5) is 4.39 Å². The third kappa shape index (κ3) is 1.57. The van der Waals surface area contributed by atoms with Crippen molar-refractivity contribution in [3.63, 3.8) is 0 Å². The molecule has 2 aromatic rings. The average Bonchev–Trinajstić information content (AvgIpc) is 2.49. The molecule has 0 aliphatic rings. The van der Waals surface area contributed by atoms with E-state index in [0.717, 1.165) is 15.0 Å². The van der Waals surface area contributed by atoms with E-state index >= 15 is 0 Å². The molecule has 2 rings (SSSR count).